The average molecular weight is 536 g/mol. The minimum atomic E-state index is -0.540. The van der Waals surface area contributed by atoms with Gasteiger partial charge < -0.3 is 13.9 Å². The van der Waals surface area contributed by atoms with Gasteiger partial charge in [0.15, 0.2) is 18.1 Å². The maximum absolute atomic E-state index is 13.4. The summed E-state index contributed by atoms with van der Waals surface area (Å²) in [6.07, 6.45) is 1.43. The summed E-state index contributed by atoms with van der Waals surface area (Å²) in [5, 5.41) is 6.01. The summed E-state index contributed by atoms with van der Waals surface area (Å²) in [5.41, 5.74) is 1.30. The summed E-state index contributed by atoms with van der Waals surface area (Å²) in [7, 11) is 0. The molecule has 0 amide bonds. The second-order valence-corrected chi connectivity index (χ2v) is 8.68. The Morgan fingerprint density at radius 1 is 1.08 bits per heavy atom. The molecule has 10 heteroatoms. The molecule has 3 aromatic carbocycles. The van der Waals surface area contributed by atoms with Gasteiger partial charge >= 0.3 is 5.97 Å². The van der Waals surface area contributed by atoms with E-state index in [-0.39, 0.29) is 40.4 Å². The fourth-order valence-corrected chi connectivity index (χ4v) is 4.35. The Hall–Kier alpha value is -4.14. The lowest BCUT2D eigenvalue weighted by molar-refractivity contribution is -0.145. The van der Waals surface area contributed by atoms with Gasteiger partial charge in [-0.15, -0.1) is 0 Å². The van der Waals surface area contributed by atoms with Crippen LogP contribution in [0.1, 0.15) is 12.5 Å². The topological polar surface area (TPSA) is 95.9 Å². The largest absolute Gasteiger partial charge is 0.479 e. The molecule has 2 aromatic heterocycles. The summed E-state index contributed by atoms with van der Waals surface area (Å²) < 4.78 is 17.4. The number of para-hydroxylation sites is 2. The summed E-state index contributed by atoms with van der Waals surface area (Å²) in [6, 6.07) is 19.4. The van der Waals surface area contributed by atoms with Crippen molar-refractivity contribution in [3.8, 4) is 17.3 Å². The molecule has 0 fully saturated rings. The number of furan rings is 1. The van der Waals surface area contributed by atoms with E-state index in [2.05, 4.69) is 10.1 Å². The first-order valence-electron chi connectivity index (χ1n) is 11.3. The van der Waals surface area contributed by atoms with E-state index in [1.165, 1.54) is 10.9 Å². The fraction of sp³-hybridized carbons (Fsp3) is 0.111. The molecule has 0 unspecified atom stereocenters. The highest BCUT2D eigenvalue weighted by molar-refractivity contribution is 6.37. The Balaban J connectivity index is 1.55. The molecule has 0 saturated heterocycles. The second-order valence-electron chi connectivity index (χ2n) is 7.87. The van der Waals surface area contributed by atoms with Crippen molar-refractivity contribution in [3.05, 3.63) is 92.7 Å². The average Bonchev–Trinajstić information content (AvgIpc) is 3.32. The standard InChI is InChI=1S/C27H19Cl2N3O5/c1-2-35-24(33)15-36-25-19(28)11-16(12-20(25)29)14-30-32-26(23-13-17-7-3-6-10-22(17)37-23)31-21-9-5-4-8-18(21)27(32)34/h3-14H,2,15H2,1H3. The molecule has 0 atom stereocenters. The zero-order chi connectivity index (χ0) is 25.9. The molecule has 0 aliphatic rings. The van der Waals surface area contributed by atoms with Crippen molar-refractivity contribution in [3.63, 3.8) is 0 Å². The van der Waals surface area contributed by atoms with Crippen LogP contribution in [-0.4, -0.2) is 35.1 Å². The number of halogens is 2. The van der Waals surface area contributed by atoms with E-state index in [0.717, 1.165) is 5.39 Å². The summed E-state index contributed by atoms with van der Waals surface area (Å²) in [5.74, 6) is 0.227. The van der Waals surface area contributed by atoms with Crippen LogP contribution in [0.3, 0.4) is 0 Å². The molecule has 0 aliphatic carbocycles. The molecule has 37 heavy (non-hydrogen) atoms. The van der Waals surface area contributed by atoms with Crippen molar-refractivity contribution >= 4 is 57.3 Å². The lowest BCUT2D eigenvalue weighted by Crippen LogP contribution is -2.20. The predicted molar refractivity (Wildman–Crippen MR) is 143 cm³/mol. The van der Waals surface area contributed by atoms with Crippen molar-refractivity contribution in [1.82, 2.24) is 9.66 Å². The van der Waals surface area contributed by atoms with Gasteiger partial charge in [0.05, 0.1) is 33.8 Å². The molecular weight excluding hydrogens is 517 g/mol. The number of esters is 1. The van der Waals surface area contributed by atoms with Gasteiger partial charge in [-0.3, -0.25) is 4.79 Å². The molecule has 8 nitrogen and oxygen atoms in total. The summed E-state index contributed by atoms with van der Waals surface area (Å²) >= 11 is 12.7. The smallest absolute Gasteiger partial charge is 0.344 e. The van der Waals surface area contributed by atoms with Crippen molar-refractivity contribution in [1.29, 1.82) is 0 Å². The summed E-state index contributed by atoms with van der Waals surface area (Å²) in [6.45, 7) is 1.60. The second kappa shape index (κ2) is 10.5. The highest BCUT2D eigenvalue weighted by Crippen LogP contribution is 2.34. The molecule has 0 aliphatic heterocycles. The van der Waals surface area contributed by atoms with Gasteiger partial charge in [-0.05, 0) is 48.9 Å². The van der Waals surface area contributed by atoms with Crippen molar-refractivity contribution < 1.29 is 18.7 Å². The Morgan fingerprint density at radius 3 is 2.57 bits per heavy atom. The SMILES string of the molecule is CCOC(=O)COc1c(Cl)cc(C=Nn2c(-c3cc4ccccc4o3)nc3ccccc3c2=O)cc1Cl. The Kier molecular flexibility index (Phi) is 6.94. The first-order valence-corrected chi connectivity index (χ1v) is 12.0. The molecule has 5 rings (SSSR count). The number of nitrogens with zero attached hydrogens (tertiary/aromatic N) is 3. The number of hydrogen-bond acceptors (Lipinski definition) is 7. The molecule has 2 heterocycles. The zero-order valence-corrected chi connectivity index (χ0v) is 21.0. The minimum absolute atomic E-state index is 0.140. The fourth-order valence-electron chi connectivity index (χ4n) is 3.73. The molecule has 0 N–H and O–H groups in total. The highest BCUT2D eigenvalue weighted by Gasteiger charge is 2.17. The van der Waals surface area contributed by atoms with Crippen molar-refractivity contribution in [2.24, 2.45) is 5.10 Å². The van der Waals surface area contributed by atoms with Gasteiger partial charge in [0, 0.05) is 5.39 Å². The molecule has 0 radical (unpaired) electrons. The third-order valence-corrected chi connectivity index (χ3v) is 5.94. The van der Waals surface area contributed by atoms with Gasteiger partial charge in [0.2, 0.25) is 5.82 Å². The van der Waals surface area contributed by atoms with Crippen LogP contribution in [-0.2, 0) is 9.53 Å². The lowest BCUT2D eigenvalue weighted by Gasteiger charge is -2.10. The quantitative estimate of drug-likeness (QED) is 0.189. The van der Waals surface area contributed by atoms with Crippen LogP contribution in [0.25, 0.3) is 33.5 Å². The number of benzene rings is 3. The van der Waals surface area contributed by atoms with Crippen LogP contribution in [0.15, 0.2) is 81.0 Å². The third-order valence-electron chi connectivity index (χ3n) is 5.38. The number of carbonyl (C=O) groups is 1. The Morgan fingerprint density at radius 2 is 1.81 bits per heavy atom. The molecular formula is C27H19Cl2N3O5. The normalized spacial score (nSPS) is 11.4. The van der Waals surface area contributed by atoms with Crippen LogP contribution in [0.2, 0.25) is 10.0 Å². The highest BCUT2D eigenvalue weighted by atomic mass is 35.5. The lowest BCUT2D eigenvalue weighted by atomic mass is 10.2. The van der Waals surface area contributed by atoms with Crippen molar-refractivity contribution in [2.45, 2.75) is 6.92 Å². The maximum atomic E-state index is 13.4. The first kappa shape index (κ1) is 24.5. The third kappa shape index (κ3) is 5.07. The van der Waals surface area contributed by atoms with Gasteiger partial charge in [0.1, 0.15) is 5.58 Å². The van der Waals surface area contributed by atoms with E-state index < -0.39 is 5.97 Å². The number of rotatable bonds is 7. The van der Waals surface area contributed by atoms with Crippen LogP contribution in [0.4, 0.5) is 0 Å². The van der Waals surface area contributed by atoms with Crippen LogP contribution in [0, 0.1) is 0 Å². The van der Waals surface area contributed by atoms with E-state index in [0.29, 0.717) is 27.8 Å². The Bertz CT molecular complexity index is 1670. The van der Waals surface area contributed by atoms with Gasteiger partial charge in [-0.25, -0.2) is 9.78 Å². The number of aromatic nitrogens is 2. The van der Waals surface area contributed by atoms with Crippen molar-refractivity contribution in [2.75, 3.05) is 13.2 Å². The number of ether oxygens (including phenoxy) is 2. The molecule has 0 saturated carbocycles. The predicted octanol–water partition coefficient (Wildman–Crippen LogP) is 5.94. The number of fused-ring (bicyclic) bond motifs is 2. The summed E-state index contributed by atoms with van der Waals surface area (Å²) in [4.78, 5) is 29.7. The van der Waals surface area contributed by atoms with Gasteiger partial charge in [-0.2, -0.15) is 9.78 Å². The van der Waals surface area contributed by atoms with Gasteiger partial charge in [0.25, 0.3) is 5.56 Å². The van der Waals surface area contributed by atoms with Crippen LogP contribution < -0.4 is 10.3 Å². The first-order chi connectivity index (χ1) is 17.9. The van der Waals surface area contributed by atoms with E-state index >= 15 is 0 Å². The van der Waals surface area contributed by atoms with E-state index in [1.807, 2.05) is 24.3 Å². The van der Waals surface area contributed by atoms with Gasteiger partial charge in [-0.1, -0.05) is 53.5 Å². The number of hydrogen-bond donors (Lipinski definition) is 0. The molecule has 0 bridgehead atoms. The monoisotopic (exact) mass is 535 g/mol. The van der Waals surface area contributed by atoms with E-state index in [1.54, 1.807) is 49.4 Å². The zero-order valence-electron chi connectivity index (χ0n) is 19.5. The molecule has 5 aromatic rings. The maximum Gasteiger partial charge on any atom is 0.344 e. The van der Waals surface area contributed by atoms with Crippen LogP contribution >= 0.6 is 23.2 Å². The van der Waals surface area contributed by atoms with E-state index in [4.69, 9.17) is 37.1 Å². The molecule has 0 spiro atoms. The minimum Gasteiger partial charge on any atom is -0.479 e. The van der Waals surface area contributed by atoms with Crippen LogP contribution in [0.5, 0.6) is 5.75 Å². The van der Waals surface area contributed by atoms with E-state index in [9.17, 15) is 9.59 Å². The Labute approximate surface area is 220 Å². The molecule has 186 valence electrons. The number of carbonyl (C=O) groups excluding carboxylic acids is 1.